The lowest BCUT2D eigenvalue weighted by Gasteiger charge is -2.25. The summed E-state index contributed by atoms with van der Waals surface area (Å²) >= 11 is 5.95. The van der Waals surface area contributed by atoms with Crippen molar-refractivity contribution in [2.75, 3.05) is 5.32 Å². The third-order valence-corrected chi connectivity index (χ3v) is 4.07. The van der Waals surface area contributed by atoms with Crippen LogP contribution in [0.4, 0.5) is 5.69 Å². The van der Waals surface area contributed by atoms with E-state index in [1.165, 1.54) is 12.6 Å². The number of aromatic carboxylic acids is 1. The van der Waals surface area contributed by atoms with Crippen LogP contribution in [0, 0.1) is 0 Å². The summed E-state index contributed by atoms with van der Waals surface area (Å²) in [6.45, 7) is 0. The van der Waals surface area contributed by atoms with Gasteiger partial charge in [0.1, 0.15) is 16.2 Å². The van der Waals surface area contributed by atoms with Crippen LogP contribution in [-0.2, 0) is 0 Å². The van der Waals surface area contributed by atoms with E-state index in [4.69, 9.17) is 11.6 Å². The number of carboxylic acid groups (broad SMARTS) is 1. The van der Waals surface area contributed by atoms with Crippen molar-refractivity contribution < 1.29 is 9.90 Å². The van der Waals surface area contributed by atoms with E-state index in [2.05, 4.69) is 15.3 Å². The molecule has 0 amide bonds. The Morgan fingerprint density at radius 3 is 2.76 bits per heavy atom. The molecule has 1 saturated carbocycles. The van der Waals surface area contributed by atoms with Gasteiger partial charge in [0.2, 0.25) is 0 Å². The maximum Gasteiger partial charge on any atom is 0.339 e. The summed E-state index contributed by atoms with van der Waals surface area (Å²) < 4.78 is 0. The van der Waals surface area contributed by atoms with E-state index in [0.717, 1.165) is 25.7 Å². The highest BCUT2D eigenvalue weighted by molar-refractivity contribution is 6.29. The SMILES string of the molecule is O=C(O)c1cnc2ccc(Cl)nc2c1NC1CCCCC1. The minimum atomic E-state index is -1.01. The van der Waals surface area contributed by atoms with Gasteiger partial charge < -0.3 is 10.4 Å². The smallest absolute Gasteiger partial charge is 0.339 e. The van der Waals surface area contributed by atoms with Gasteiger partial charge in [0.15, 0.2) is 0 Å². The fourth-order valence-electron chi connectivity index (χ4n) is 2.80. The molecule has 0 atom stereocenters. The van der Waals surface area contributed by atoms with Gasteiger partial charge in [-0.2, -0.15) is 0 Å². The summed E-state index contributed by atoms with van der Waals surface area (Å²) in [4.78, 5) is 19.9. The van der Waals surface area contributed by atoms with Crippen LogP contribution < -0.4 is 5.32 Å². The minimum absolute atomic E-state index is 0.142. The Balaban J connectivity index is 2.08. The molecule has 0 radical (unpaired) electrons. The molecule has 2 heterocycles. The second kappa shape index (κ2) is 5.85. The van der Waals surface area contributed by atoms with Crippen LogP contribution >= 0.6 is 11.6 Å². The largest absolute Gasteiger partial charge is 0.478 e. The number of anilines is 1. The third-order valence-electron chi connectivity index (χ3n) is 3.86. The average molecular weight is 306 g/mol. The van der Waals surface area contributed by atoms with E-state index in [1.807, 2.05) is 0 Å². The predicted octanol–water partition coefficient (Wildman–Crippen LogP) is 3.73. The van der Waals surface area contributed by atoms with Gasteiger partial charge in [-0.3, -0.25) is 4.98 Å². The van der Waals surface area contributed by atoms with Gasteiger partial charge in [0, 0.05) is 12.2 Å². The topological polar surface area (TPSA) is 75.1 Å². The molecule has 0 aliphatic heterocycles. The van der Waals surface area contributed by atoms with Gasteiger partial charge in [-0.25, -0.2) is 9.78 Å². The Morgan fingerprint density at radius 1 is 1.29 bits per heavy atom. The quantitative estimate of drug-likeness (QED) is 0.845. The number of carbonyl (C=O) groups is 1. The first-order chi connectivity index (χ1) is 10.1. The zero-order valence-corrected chi connectivity index (χ0v) is 12.2. The van der Waals surface area contributed by atoms with E-state index in [-0.39, 0.29) is 11.6 Å². The van der Waals surface area contributed by atoms with Gasteiger partial charge in [-0.05, 0) is 25.0 Å². The summed E-state index contributed by atoms with van der Waals surface area (Å²) in [7, 11) is 0. The molecule has 2 aromatic heterocycles. The Morgan fingerprint density at radius 2 is 2.05 bits per heavy atom. The van der Waals surface area contributed by atoms with E-state index < -0.39 is 5.97 Å². The molecule has 6 heteroatoms. The molecule has 0 unspecified atom stereocenters. The molecule has 0 saturated heterocycles. The fraction of sp³-hybridized carbons (Fsp3) is 0.400. The fourth-order valence-corrected chi connectivity index (χ4v) is 2.95. The average Bonchev–Trinajstić information content (AvgIpc) is 2.48. The van der Waals surface area contributed by atoms with Crippen LogP contribution in [-0.4, -0.2) is 27.1 Å². The predicted molar refractivity (Wildman–Crippen MR) is 82.0 cm³/mol. The van der Waals surface area contributed by atoms with Gasteiger partial charge in [0.05, 0.1) is 11.2 Å². The van der Waals surface area contributed by atoms with Crippen molar-refractivity contribution >= 4 is 34.3 Å². The van der Waals surface area contributed by atoms with Crippen molar-refractivity contribution in [2.24, 2.45) is 0 Å². The summed E-state index contributed by atoms with van der Waals surface area (Å²) in [5.74, 6) is -1.01. The van der Waals surface area contributed by atoms with Crippen molar-refractivity contribution in [3.8, 4) is 0 Å². The molecule has 21 heavy (non-hydrogen) atoms. The molecular weight excluding hydrogens is 290 g/mol. The monoisotopic (exact) mass is 305 g/mol. The first kappa shape index (κ1) is 14.1. The van der Waals surface area contributed by atoms with Crippen molar-refractivity contribution in [2.45, 2.75) is 38.1 Å². The Hall–Kier alpha value is -1.88. The molecular formula is C15H16ClN3O2. The van der Waals surface area contributed by atoms with Crippen LogP contribution in [0.5, 0.6) is 0 Å². The van der Waals surface area contributed by atoms with E-state index in [0.29, 0.717) is 21.9 Å². The summed E-state index contributed by atoms with van der Waals surface area (Å²) in [6.07, 6.45) is 7.04. The number of hydrogen-bond donors (Lipinski definition) is 2. The highest BCUT2D eigenvalue weighted by Gasteiger charge is 2.20. The number of halogens is 1. The highest BCUT2D eigenvalue weighted by atomic mass is 35.5. The number of fused-ring (bicyclic) bond motifs is 1. The molecule has 0 aromatic carbocycles. The lowest BCUT2D eigenvalue weighted by atomic mass is 9.95. The van der Waals surface area contributed by atoms with Crippen LogP contribution in [0.1, 0.15) is 42.5 Å². The second-order valence-corrected chi connectivity index (χ2v) is 5.72. The Bertz CT molecular complexity index is 684. The van der Waals surface area contributed by atoms with Crippen molar-refractivity contribution in [3.63, 3.8) is 0 Å². The maximum atomic E-state index is 11.5. The number of aromatic nitrogens is 2. The third kappa shape index (κ3) is 2.93. The summed E-state index contributed by atoms with van der Waals surface area (Å²) in [5.41, 5.74) is 1.83. The molecule has 1 aliphatic rings. The highest BCUT2D eigenvalue weighted by Crippen LogP contribution is 2.29. The molecule has 1 fully saturated rings. The molecule has 2 N–H and O–H groups in total. The zero-order chi connectivity index (χ0) is 14.8. The maximum absolute atomic E-state index is 11.5. The first-order valence-electron chi connectivity index (χ1n) is 7.10. The normalized spacial score (nSPS) is 16.0. The molecule has 3 rings (SSSR count). The molecule has 5 nitrogen and oxygen atoms in total. The van der Waals surface area contributed by atoms with Crippen LogP contribution in [0.25, 0.3) is 11.0 Å². The number of pyridine rings is 2. The van der Waals surface area contributed by atoms with Crippen molar-refractivity contribution in [1.29, 1.82) is 0 Å². The zero-order valence-electron chi connectivity index (χ0n) is 11.5. The standard InChI is InChI=1S/C15H16ClN3O2/c16-12-7-6-11-14(19-12)13(10(8-17-11)15(20)21)18-9-4-2-1-3-5-9/h6-9H,1-5H2,(H,17,18)(H,20,21). The number of nitrogens with one attached hydrogen (secondary N) is 1. The molecule has 1 aliphatic carbocycles. The van der Waals surface area contributed by atoms with E-state index in [9.17, 15) is 9.90 Å². The Labute approximate surface area is 127 Å². The van der Waals surface area contributed by atoms with E-state index in [1.54, 1.807) is 12.1 Å². The van der Waals surface area contributed by atoms with Crippen LogP contribution in [0.15, 0.2) is 18.3 Å². The first-order valence-corrected chi connectivity index (χ1v) is 7.48. The van der Waals surface area contributed by atoms with E-state index >= 15 is 0 Å². The summed E-state index contributed by atoms with van der Waals surface area (Å²) in [6, 6.07) is 3.69. The van der Waals surface area contributed by atoms with Crippen LogP contribution in [0.2, 0.25) is 5.15 Å². The van der Waals surface area contributed by atoms with Gasteiger partial charge in [0.25, 0.3) is 0 Å². The van der Waals surface area contributed by atoms with Crippen molar-refractivity contribution in [3.05, 3.63) is 29.0 Å². The summed E-state index contributed by atoms with van der Waals surface area (Å²) in [5, 5.41) is 13.1. The molecule has 0 bridgehead atoms. The number of carboxylic acids is 1. The molecule has 2 aromatic rings. The van der Waals surface area contributed by atoms with Crippen molar-refractivity contribution in [1.82, 2.24) is 9.97 Å². The van der Waals surface area contributed by atoms with Crippen LogP contribution in [0.3, 0.4) is 0 Å². The Kier molecular flexibility index (Phi) is 3.92. The number of rotatable bonds is 3. The number of nitrogens with zero attached hydrogens (tertiary/aromatic N) is 2. The lowest BCUT2D eigenvalue weighted by Crippen LogP contribution is -2.24. The minimum Gasteiger partial charge on any atom is -0.478 e. The molecule has 110 valence electrons. The van der Waals surface area contributed by atoms with Gasteiger partial charge in [-0.15, -0.1) is 0 Å². The number of hydrogen-bond acceptors (Lipinski definition) is 4. The molecule has 0 spiro atoms. The van der Waals surface area contributed by atoms with Gasteiger partial charge in [-0.1, -0.05) is 30.9 Å². The lowest BCUT2D eigenvalue weighted by molar-refractivity contribution is 0.0697. The second-order valence-electron chi connectivity index (χ2n) is 5.33. The van der Waals surface area contributed by atoms with Gasteiger partial charge >= 0.3 is 5.97 Å².